The third-order valence-electron chi connectivity index (χ3n) is 3.79. The fourth-order valence-corrected chi connectivity index (χ4v) is 2.60. The van der Waals surface area contributed by atoms with E-state index >= 15 is 0 Å². The Kier molecular flexibility index (Phi) is 4.92. The van der Waals surface area contributed by atoms with Crippen molar-refractivity contribution in [2.45, 2.75) is 6.54 Å². The standard InChI is InChI=1S/C19H17N3O3/c20-25-18(15-7-4-8-16(11-15)19(23)24)17(12-22-10-9-21-13-22)14-5-2-1-3-6-14/h1-11,13H,12,20H2,(H,23,24)/b18-17-. The summed E-state index contributed by atoms with van der Waals surface area (Å²) < 4.78 is 1.89. The van der Waals surface area contributed by atoms with Gasteiger partial charge in [-0.1, -0.05) is 42.5 Å². The summed E-state index contributed by atoms with van der Waals surface area (Å²) >= 11 is 0. The van der Waals surface area contributed by atoms with Gasteiger partial charge in [-0.2, -0.15) is 5.90 Å². The molecule has 6 nitrogen and oxygen atoms in total. The minimum absolute atomic E-state index is 0.169. The monoisotopic (exact) mass is 335 g/mol. The number of hydrogen-bond donors (Lipinski definition) is 2. The van der Waals surface area contributed by atoms with Gasteiger partial charge in [-0.25, -0.2) is 9.78 Å². The lowest BCUT2D eigenvalue weighted by Crippen LogP contribution is -2.08. The zero-order valence-corrected chi connectivity index (χ0v) is 13.4. The van der Waals surface area contributed by atoms with Crippen molar-refractivity contribution in [2.75, 3.05) is 0 Å². The van der Waals surface area contributed by atoms with E-state index in [1.54, 1.807) is 30.7 Å². The maximum atomic E-state index is 11.3. The molecule has 0 spiro atoms. The highest BCUT2D eigenvalue weighted by molar-refractivity contribution is 5.92. The Hall–Kier alpha value is -3.38. The van der Waals surface area contributed by atoms with Crippen LogP contribution in [0.5, 0.6) is 0 Å². The van der Waals surface area contributed by atoms with Crippen LogP contribution in [-0.4, -0.2) is 20.6 Å². The molecule has 3 aromatic rings. The molecule has 0 amide bonds. The zero-order chi connectivity index (χ0) is 17.6. The molecule has 2 aromatic carbocycles. The molecule has 0 saturated carbocycles. The van der Waals surface area contributed by atoms with E-state index in [0.717, 1.165) is 11.1 Å². The van der Waals surface area contributed by atoms with Gasteiger partial charge in [-0.15, -0.1) is 0 Å². The van der Waals surface area contributed by atoms with E-state index in [1.807, 2.05) is 41.1 Å². The van der Waals surface area contributed by atoms with Crippen molar-refractivity contribution < 1.29 is 14.7 Å². The smallest absolute Gasteiger partial charge is 0.335 e. The van der Waals surface area contributed by atoms with Crippen LogP contribution in [0.3, 0.4) is 0 Å². The molecular weight excluding hydrogens is 318 g/mol. The first-order valence-corrected chi connectivity index (χ1v) is 7.64. The summed E-state index contributed by atoms with van der Waals surface area (Å²) in [7, 11) is 0. The van der Waals surface area contributed by atoms with Crippen molar-refractivity contribution >= 4 is 17.3 Å². The van der Waals surface area contributed by atoms with Crippen molar-refractivity contribution in [3.63, 3.8) is 0 Å². The lowest BCUT2D eigenvalue weighted by Gasteiger charge is -2.15. The molecular formula is C19H17N3O3. The number of aromatic nitrogens is 2. The summed E-state index contributed by atoms with van der Waals surface area (Å²) in [5.41, 5.74) is 2.52. The fourth-order valence-electron chi connectivity index (χ4n) is 2.60. The quantitative estimate of drug-likeness (QED) is 0.410. The molecule has 0 unspecified atom stereocenters. The summed E-state index contributed by atoms with van der Waals surface area (Å²) in [6, 6.07) is 16.2. The number of imidazole rings is 1. The van der Waals surface area contributed by atoms with Crippen LogP contribution in [-0.2, 0) is 11.4 Å². The van der Waals surface area contributed by atoms with Crippen molar-refractivity contribution in [2.24, 2.45) is 5.90 Å². The number of nitrogens with zero attached hydrogens (tertiary/aromatic N) is 2. The van der Waals surface area contributed by atoms with Crippen molar-refractivity contribution in [1.29, 1.82) is 0 Å². The highest BCUT2D eigenvalue weighted by atomic mass is 16.6. The van der Waals surface area contributed by atoms with Crippen LogP contribution < -0.4 is 5.90 Å². The molecule has 6 heteroatoms. The highest BCUT2D eigenvalue weighted by Gasteiger charge is 2.15. The molecule has 0 atom stereocenters. The lowest BCUT2D eigenvalue weighted by molar-refractivity contribution is 0.0697. The van der Waals surface area contributed by atoms with E-state index in [0.29, 0.717) is 17.9 Å². The van der Waals surface area contributed by atoms with Gasteiger partial charge in [0.25, 0.3) is 0 Å². The van der Waals surface area contributed by atoms with E-state index in [4.69, 9.17) is 10.7 Å². The van der Waals surface area contributed by atoms with E-state index in [2.05, 4.69) is 4.98 Å². The predicted molar refractivity (Wildman–Crippen MR) is 94.2 cm³/mol. The van der Waals surface area contributed by atoms with Crippen LogP contribution in [0.1, 0.15) is 21.5 Å². The minimum atomic E-state index is -1.01. The topological polar surface area (TPSA) is 90.4 Å². The van der Waals surface area contributed by atoms with Crippen LogP contribution >= 0.6 is 0 Å². The number of hydrogen-bond acceptors (Lipinski definition) is 4. The molecule has 0 saturated heterocycles. The number of carbonyl (C=O) groups is 1. The first-order valence-electron chi connectivity index (χ1n) is 7.64. The molecule has 25 heavy (non-hydrogen) atoms. The normalized spacial score (nSPS) is 11.7. The second-order valence-corrected chi connectivity index (χ2v) is 5.41. The lowest BCUT2D eigenvalue weighted by atomic mass is 9.99. The second kappa shape index (κ2) is 7.46. The van der Waals surface area contributed by atoms with Crippen LogP contribution in [0.2, 0.25) is 0 Å². The Morgan fingerprint density at radius 3 is 2.44 bits per heavy atom. The van der Waals surface area contributed by atoms with Gasteiger partial charge >= 0.3 is 5.97 Å². The Morgan fingerprint density at radius 1 is 1.08 bits per heavy atom. The van der Waals surface area contributed by atoms with Gasteiger partial charge in [0.05, 0.1) is 18.4 Å². The molecule has 0 aliphatic rings. The fraction of sp³-hybridized carbons (Fsp3) is 0.0526. The SMILES string of the molecule is NO/C(=C(/Cn1ccnc1)c1ccccc1)c1cccc(C(=O)O)c1. The van der Waals surface area contributed by atoms with E-state index in [1.165, 1.54) is 6.07 Å². The number of rotatable bonds is 6. The van der Waals surface area contributed by atoms with Gasteiger partial charge < -0.3 is 14.5 Å². The molecule has 0 aliphatic carbocycles. The maximum Gasteiger partial charge on any atom is 0.335 e. The zero-order valence-electron chi connectivity index (χ0n) is 13.4. The third kappa shape index (κ3) is 3.76. The van der Waals surface area contributed by atoms with Gasteiger partial charge in [0.2, 0.25) is 0 Å². The summed E-state index contributed by atoms with van der Waals surface area (Å²) in [6.45, 7) is 0.480. The number of allylic oxidation sites excluding steroid dienone is 1. The van der Waals surface area contributed by atoms with Crippen molar-refractivity contribution in [3.8, 4) is 0 Å². The molecule has 0 aliphatic heterocycles. The summed E-state index contributed by atoms with van der Waals surface area (Å²) in [4.78, 5) is 20.5. The predicted octanol–water partition coefficient (Wildman–Crippen LogP) is 3.04. The van der Waals surface area contributed by atoms with Gasteiger partial charge in [-0.05, 0) is 17.7 Å². The summed E-state index contributed by atoms with van der Waals surface area (Å²) in [5.74, 6) is 4.98. The molecule has 0 radical (unpaired) electrons. The number of carboxylic acids is 1. The van der Waals surface area contributed by atoms with Gasteiger partial charge in [0.15, 0.2) is 5.76 Å². The second-order valence-electron chi connectivity index (χ2n) is 5.41. The average Bonchev–Trinajstić information content (AvgIpc) is 3.16. The molecule has 1 aromatic heterocycles. The molecule has 0 fully saturated rings. The molecule has 1 heterocycles. The number of benzene rings is 2. The van der Waals surface area contributed by atoms with Crippen LogP contribution in [0.4, 0.5) is 0 Å². The summed E-state index contributed by atoms with van der Waals surface area (Å²) in [6.07, 6.45) is 5.23. The molecule has 126 valence electrons. The molecule has 3 N–H and O–H groups in total. The Morgan fingerprint density at radius 2 is 1.80 bits per heavy atom. The first-order chi connectivity index (χ1) is 12.2. The van der Waals surface area contributed by atoms with Crippen LogP contribution in [0.25, 0.3) is 11.3 Å². The van der Waals surface area contributed by atoms with Crippen molar-refractivity contribution in [3.05, 3.63) is 90.0 Å². The molecule has 0 bridgehead atoms. The highest BCUT2D eigenvalue weighted by Crippen LogP contribution is 2.28. The van der Waals surface area contributed by atoms with Gasteiger partial charge in [0, 0.05) is 23.5 Å². The number of aromatic carboxylic acids is 1. The van der Waals surface area contributed by atoms with E-state index < -0.39 is 5.97 Å². The van der Waals surface area contributed by atoms with E-state index in [-0.39, 0.29) is 5.56 Å². The minimum Gasteiger partial charge on any atom is -0.478 e. The van der Waals surface area contributed by atoms with Crippen LogP contribution in [0, 0.1) is 0 Å². The Bertz CT molecular complexity index is 887. The van der Waals surface area contributed by atoms with E-state index in [9.17, 15) is 9.90 Å². The largest absolute Gasteiger partial charge is 0.478 e. The van der Waals surface area contributed by atoms with Crippen molar-refractivity contribution in [1.82, 2.24) is 9.55 Å². The molecule has 3 rings (SSSR count). The Labute approximate surface area is 144 Å². The first kappa shape index (κ1) is 16.5. The van der Waals surface area contributed by atoms with Gasteiger partial charge in [-0.3, -0.25) is 0 Å². The number of nitrogens with two attached hydrogens (primary N) is 1. The van der Waals surface area contributed by atoms with Crippen LogP contribution in [0.15, 0.2) is 73.3 Å². The van der Waals surface area contributed by atoms with Gasteiger partial charge in [0.1, 0.15) is 0 Å². The summed E-state index contributed by atoms with van der Waals surface area (Å²) in [5, 5.41) is 9.23. The maximum absolute atomic E-state index is 11.3. The third-order valence-corrected chi connectivity index (χ3v) is 3.79. The number of carboxylic acid groups (broad SMARTS) is 1. The average molecular weight is 335 g/mol. The Balaban J connectivity index is 2.15.